The maximum Gasteiger partial charge on any atom is 0.156 e. The fourth-order valence-corrected chi connectivity index (χ4v) is 4.48. The number of aromatic nitrogens is 1. The molecule has 0 amide bonds. The van der Waals surface area contributed by atoms with Crippen molar-refractivity contribution in [3.05, 3.63) is 60.2 Å². The van der Waals surface area contributed by atoms with Crippen molar-refractivity contribution in [1.82, 2.24) is 4.57 Å². The van der Waals surface area contributed by atoms with Gasteiger partial charge in [0.15, 0.2) is 5.72 Å². The molecule has 0 radical (unpaired) electrons. The number of benzene rings is 2. The lowest BCUT2D eigenvalue weighted by Crippen LogP contribution is -2.48. The Kier molecular flexibility index (Phi) is 2.46. The number of fused-ring (bicyclic) bond motifs is 8. The van der Waals surface area contributed by atoms with Gasteiger partial charge in [-0.25, -0.2) is 0 Å². The van der Waals surface area contributed by atoms with Crippen LogP contribution in [-0.2, 0) is 10.5 Å². The second-order valence-corrected chi connectivity index (χ2v) is 6.64. The van der Waals surface area contributed by atoms with Crippen molar-refractivity contribution in [3.63, 3.8) is 0 Å². The molecule has 5 rings (SSSR count). The number of carbonyl (C=O) groups excluding carboxylic acids is 1. The van der Waals surface area contributed by atoms with E-state index in [4.69, 9.17) is 0 Å². The van der Waals surface area contributed by atoms with Crippen molar-refractivity contribution in [2.24, 2.45) is 0 Å². The van der Waals surface area contributed by atoms with Gasteiger partial charge in [0, 0.05) is 17.4 Å². The minimum absolute atomic E-state index is 0.148. The number of ketones is 1. The Balaban J connectivity index is 1.95. The topological polar surface area (TPSA) is 42.2 Å². The molecule has 114 valence electrons. The number of rotatable bonds is 0. The zero-order valence-electron chi connectivity index (χ0n) is 12.7. The summed E-state index contributed by atoms with van der Waals surface area (Å²) in [7, 11) is 0. The summed E-state index contributed by atoms with van der Waals surface area (Å²) in [6.07, 6.45) is 1.90. The first-order valence-electron chi connectivity index (χ1n) is 8.15. The van der Waals surface area contributed by atoms with Crippen LogP contribution in [0.25, 0.3) is 22.2 Å². The van der Waals surface area contributed by atoms with E-state index in [1.165, 1.54) is 0 Å². The monoisotopic (exact) mass is 303 g/mol. The number of aliphatic hydroxyl groups is 1. The third-order valence-electron chi connectivity index (χ3n) is 5.40. The number of hydrogen-bond donors (Lipinski definition) is 1. The van der Waals surface area contributed by atoms with Crippen LogP contribution in [0.15, 0.2) is 54.6 Å². The van der Waals surface area contributed by atoms with Crippen molar-refractivity contribution >= 4 is 16.7 Å². The van der Waals surface area contributed by atoms with Crippen molar-refractivity contribution in [3.8, 4) is 11.3 Å². The van der Waals surface area contributed by atoms with E-state index in [0.717, 1.165) is 34.1 Å². The third kappa shape index (κ3) is 1.55. The molecule has 2 unspecified atom stereocenters. The van der Waals surface area contributed by atoms with Gasteiger partial charge in [-0.15, -0.1) is 0 Å². The lowest BCUT2D eigenvalue weighted by atomic mass is 9.72. The fraction of sp³-hybridized carbons (Fsp3) is 0.250. The Hall–Kier alpha value is -2.39. The molecule has 2 aromatic carbocycles. The van der Waals surface area contributed by atoms with Gasteiger partial charge in [-0.2, -0.15) is 0 Å². The first-order valence-corrected chi connectivity index (χ1v) is 8.15. The Morgan fingerprint density at radius 2 is 1.87 bits per heavy atom. The van der Waals surface area contributed by atoms with E-state index in [9.17, 15) is 9.90 Å². The summed E-state index contributed by atoms with van der Waals surface area (Å²) in [5, 5.41) is 12.7. The predicted molar refractivity (Wildman–Crippen MR) is 89.2 cm³/mol. The molecule has 2 heterocycles. The summed E-state index contributed by atoms with van der Waals surface area (Å²) >= 11 is 0. The molecule has 0 bridgehead atoms. The van der Waals surface area contributed by atoms with E-state index in [1.54, 1.807) is 0 Å². The fourth-order valence-electron chi connectivity index (χ4n) is 4.48. The molecule has 1 N–H and O–H groups in total. The van der Waals surface area contributed by atoms with Crippen LogP contribution in [-0.4, -0.2) is 15.5 Å². The molecule has 3 aromatic rings. The van der Waals surface area contributed by atoms with Crippen LogP contribution in [0.4, 0.5) is 0 Å². The van der Waals surface area contributed by atoms with E-state index >= 15 is 0 Å². The van der Waals surface area contributed by atoms with Gasteiger partial charge in [-0.05, 0) is 30.5 Å². The Morgan fingerprint density at radius 1 is 1.09 bits per heavy atom. The summed E-state index contributed by atoms with van der Waals surface area (Å²) in [6.45, 7) is 0. The number of nitrogens with zero attached hydrogens (tertiary/aromatic N) is 1. The highest BCUT2D eigenvalue weighted by atomic mass is 16.3. The molecule has 1 aliphatic heterocycles. The molecule has 3 nitrogen and oxygen atoms in total. The van der Waals surface area contributed by atoms with Gasteiger partial charge in [-0.3, -0.25) is 4.79 Å². The normalized spacial score (nSPS) is 25.8. The summed E-state index contributed by atoms with van der Waals surface area (Å²) < 4.78 is 2.01. The second kappa shape index (κ2) is 4.33. The predicted octanol–water partition coefficient (Wildman–Crippen LogP) is 3.80. The van der Waals surface area contributed by atoms with Gasteiger partial charge in [0.05, 0.1) is 17.1 Å². The van der Waals surface area contributed by atoms with E-state index in [0.29, 0.717) is 12.8 Å². The van der Waals surface area contributed by atoms with Gasteiger partial charge in [0.2, 0.25) is 0 Å². The SMILES string of the molecule is O=C1CCCC2(O)C1c1ccccc1-c1cc3ccccc3n12. The van der Waals surface area contributed by atoms with Crippen molar-refractivity contribution in [2.45, 2.75) is 30.9 Å². The summed E-state index contributed by atoms with van der Waals surface area (Å²) in [6, 6.07) is 18.2. The highest BCUT2D eigenvalue weighted by Gasteiger charge is 2.51. The smallest absolute Gasteiger partial charge is 0.156 e. The van der Waals surface area contributed by atoms with Gasteiger partial charge in [0.25, 0.3) is 0 Å². The zero-order chi connectivity index (χ0) is 15.6. The Morgan fingerprint density at radius 3 is 2.78 bits per heavy atom. The molecule has 1 aromatic heterocycles. The molecule has 2 atom stereocenters. The first-order chi connectivity index (χ1) is 11.2. The third-order valence-corrected chi connectivity index (χ3v) is 5.40. The van der Waals surface area contributed by atoms with E-state index in [1.807, 2.05) is 41.0 Å². The number of para-hydroxylation sites is 1. The highest BCUT2D eigenvalue weighted by molar-refractivity contribution is 5.95. The zero-order valence-corrected chi connectivity index (χ0v) is 12.7. The van der Waals surface area contributed by atoms with Crippen LogP contribution in [0.3, 0.4) is 0 Å². The minimum atomic E-state index is -1.15. The average Bonchev–Trinajstić information content (AvgIpc) is 2.95. The van der Waals surface area contributed by atoms with Gasteiger partial charge in [-0.1, -0.05) is 42.5 Å². The largest absolute Gasteiger partial charge is 0.369 e. The van der Waals surface area contributed by atoms with E-state index in [2.05, 4.69) is 18.2 Å². The maximum absolute atomic E-state index is 12.7. The quantitative estimate of drug-likeness (QED) is 0.686. The van der Waals surface area contributed by atoms with Gasteiger partial charge >= 0.3 is 0 Å². The first kappa shape index (κ1) is 13.1. The van der Waals surface area contributed by atoms with Gasteiger partial charge < -0.3 is 9.67 Å². The van der Waals surface area contributed by atoms with Crippen molar-refractivity contribution < 1.29 is 9.90 Å². The van der Waals surface area contributed by atoms with E-state index < -0.39 is 11.6 Å². The maximum atomic E-state index is 12.7. The van der Waals surface area contributed by atoms with Gasteiger partial charge in [0.1, 0.15) is 5.78 Å². The average molecular weight is 303 g/mol. The molecule has 1 aliphatic carbocycles. The Bertz CT molecular complexity index is 955. The lowest BCUT2D eigenvalue weighted by Gasteiger charge is -2.45. The lowest BCUT2D eigenvalue weighted by molar-refractivity contribution is -0.142. The van der Waals surface area contributed by atoms with Crippen LogP contribution < -0.4 is 0 Å². The molecule has 1 fully saturated rings. The van der Waals surface area contributed by atoms with Crippen LogP contribution in [0.2, 0.25) is 0 Å². The van der Waals surface area contributed by atoms with Crippen LogP contribution in [0.1, 0.15) is 30.7 Å². The number of Topliss-reactive ketones (excluding diaryl/α,β-unsaturated/α-hetero) is 1. The van der Waals surface area contributed by atoms with E-state index in [-0.39, 0.29) is 5.78 Å². The molecule has 2 aliphatic rings. The molecule has 0 spiro atoms. The molecule has 3 heteroatoms. The molecular weight excluding hydrogens is 286 g/mol. The number of carbonyl (C=O) groups is 1. The van der Waals surface area contributed by atoms with Crippen molar-refractivity contribution in [1.29, 1.82) is 0 Å². The summed E-state index contributed by atoms with van der Waals surface area (Å²) in [5.41, 5.74) is 2.89. The minimum Gasteiger partial charge on any atom is -0.369 e. The standard InChI is InChI=1S/C20H17NO2/c22-18-10-5-11-20(23)19(18)15-8-3-2-7-14(15)17-12-13-6-1-4-9-16(13)21(17)20/h1-4,6-9,12,19,23H,5,10-11H2. The Labute approximate surface area is 134 Å². The summed E-state index contributed by atoms with van der Waals surface area (Å²) in [5.74, 6) is -0.314. The number of hydrogen-bond acceptors (Lipinski definition) is 2. The summed E-state index contributed by atoms with van der Waals surface area (Å²) in [4.78, 5) is 12.7. The van der Waals surface area contributed by atoms with Crippen LogP contribution >= 0.6 is 0 Å². The molecule has 1 saturated carbocycles. The van der Waals surface area contributed by atoms with Crippen LogP contribution in [0.5, 0.6) is 0 Å². The molecule has 23 heavy (non-hydrogen) atoms. The second-order valence-electron chi connectivity index (χ2n) is 6.64. The highest BCUT2D eigenvalue weighted by Crippen LogP contribution is 2.52. The van der Waals surface area contributed by atoms with Crippen molar-refractivity contribution in [2.75, 3.05) is 0 Å². The van der Waals surface area contributed by atoms with Crippen LogP contribution in [0, 0.1) is 0 Å². The molecular formula is C20H17NO2. The molecule has 0 saturated heterocycles.